The van der Waals surface area contributed by atoms with Crippen LogP contribution < -0.4 is 4.90 Å². The molecule has 0 spiro atoms. The molecule has 0 N–H and O–H groups in total. The minimum absolute atomic E-state index is 0.00514. The summed E-state index contributed by atoms with van der Waals surface area (Å²) in [6, 6.07) is 5.81. The fourth-order valence-corrected chi connectivity index (χ4v) is 4.12. The highest BCUT2D eigenvalue weighted by Crippen LogP contribution is 2.53. The highest BCUT2D eigenvalue weighted by atomic mass is 16.2. The molecular formula is C17H17NO2. The number of aryl methyl sites for hydroxylation is 1. The molecule has 2 aliphatic carbocycles. The van der Waals surface area contributed by atoms with Crippen molar-refractivity contribution >= 4 is 17.5 Å². The van der Waals surface area contributed by atoms with E-state index in [0.717, 1.165) is 23.2 Å². The van der Waals surface area contributed by atoms with Crippen LogP contribution in [0, 0.1) is 37.5 Å². The summed E-state index contributed by atoms with van der Waals surface area (Å²) < 4.78 is 0. The molecule has 4 atom stereocenters. The van der Waals surface area contributed by atoms with E-state index in [4.69, 9.17) is 0 Å². The molecule has 3 aliphatic rings. The van der Waals surface area contributed by atoms with Gasteiger partial charge in [-0.05, 0) is 49.3 Å². The Hall–Kier alpha value is -1.90. The molecule has 0 radical (unpaired) electrons. The van der Waals surface area contributed by atoms with E-state index in [1.54, 1.807) is 0 Å². The normalized spacial score (nSPS) is 34.2. The van der Waals surface area contributed by atoms with Gasteiger partial charge < -0.3 is 0 Å². The second-order valence-corrected chi connectivity index (χ2v) is 6.23. The summed E-state index contributed by atoms with van der Waals surface area (Å²) >= 11 is 0. The predicted molar refractivity (Wildman–Crippen MR) is 76.1 cm³/mol. The molecule has 102 valence electrons. The smallest absolute Gasteiger partial charge is 0.238 e. The number of carbonyl (C=O) groups is 2. The number of imide groups is 1. The second kappa shape index (κ2) is 3.81. The molecule has 1 aromatic carbocycles. The molecule has 20 heavy (non-hydrogen) atoms. The first kappa shape index (κ1) is 11.9. The number of nitrogens with zero attached hydrogens (tertiary/aromatic N) is 1. The Balaban J connectivity index is 1.80. The van der Waals surface area contributed by atoms with Gasteiger partial charge in [-0.3, -0.25) is 9.59 Å². The predicted octanol–water partition coefficient (Wildman–Crippen LogP) is 2.61. The summed E-state index contributed by atoms with van der Waals surface area (Å²) in [5.41, 5.74) is 2.91. The summed E-state index contributed by atoms with van der Waals surface area (Å²) in [5, 5.41) is 0. The molecule has 1 aliphatic heterocycles. The number of benzene rings is 1. The van der Waals surface area contributed by atoms with Crippen LogP contribution in [0.25, 0.3) is 0 Å². The van der Waals surface area contributed by atoms with E-state index in [-0.39, 0.29) is 35.5 Å². The largest absolute Gasteiger partial charge is 0.274 e. The van der Waals surface area contributed by atoms with Crippen LogP contribution in [0.1, 0.15) is 17.5 Å². The van der Waals surface area contributed by atoms with Crippen molar-refractivity contribution in [3.8, 4) is 0 Å². The zero-order valence-electron chi connectivity index (χ0n) is 11.7. The molecule has 0 aromatic heterocycles. The number of rotatable bonds is 1. The molecule has 0 unspecified atom stereocenters. The lowest BCUT2D eigenvalue weighted by Gasteiger charge is -2.20. The van der Waals surface area contributed by atoms with Gasteiger partial charge in [0, 0.05) is 0 Å². The van der Waals surface area contributed by atoms with Crippen LogP contribution in [0.3, 0.4) is 0 Å². The van der Waals surface area contributed by atoms with E-state index in [1.165, 1.54) is 4.90 Å². The maximum absolute atomic E-state index is 12.7. The Bertz CT molecular complexity index is 631. The fraction of sp³-hybridized carbons (Fsp3) is 0.412. The standard InChI is InChI=1S/C17H17NO2/c1-9-4-3-5-13(10(9)2)18-16(19)14-11-6-7-12(8-11)15(14)17(18)20/h3-7,11-12,14-15H,8H2,1-2H3/t11-,12+,14+,15-. The number of hydrogen-bond donors (Lipinski definition) is 0. The third kappa shape index (κ3) is 1.30. The molecule has 1 saturated carbocycles. The third-order valence-corrected chi connectivity index (χ3v) is 5.29. The molecule has 3 nitrogen and oxygen atoms in total. The van der Waals surface area contributed by atoms with Crippen molar-refractivity contribution in [2.45, 2.75) is 20.3 Å². The van der Waals surface area contributed by atoms with Crippen molar-refractivity contribution in [1.29, 1.82) is 0 Å². The van der Waals surface area contributed by atoms with E-state index in [1.807, 2.05) is 32.0 Å². The summed E-state index contributed by atoms with van der Waals surface area (Å²) in [6.07, 6.45) is 5.24. The Morgan fingerprint density at radius 2 is 1.60 bits per heavy atom. The monoisotopic (exact) mass is 267 g/mol. The lowest BCUT2D eigenvalue weighted by atomic mass is 9.85. The van der Waals surface area contributed by atoms with Gasteiger partial charge in [-0.25, -0.2) is 4.90 Å². The van der Waals surface area contributed by atoms with E-state index in [9.17, 15) is 9.59 Å². The number of fused-ring (bicyclic) bond motifs is 5. The van der Waals surface area contributed by atoms with Crippen LogP contribution in [0.2, 0.25) is 0 Å². The first-order valence-corrected chi connectivity index (χ1v) is 7.22. The minimum atomic E-state index is -0.114. The highest BCUT2D eigenvalue weighted by molar-refractivity contribution is 6.23. The minimum Gasteiger partial charge on any atom is -0.274 e. The molecule has 1 heterocycles. The van der Waals surface area contributed by atoms with Gasteiger partial charge in [0.2, 0.25) is 11.8 Å². The number of anilines is 1. The Morgan fingerprint density at radius 1 is 1.00 bits per heavy atom. The van der Waals surface area contributed by atoms with Gasteiger partial charge in [-0.1, -0.05) is 24.3 Å². The SMILES string of the molecule is Cc1cccc(N2C(=O)[C@@H]3[C@H](C2=O)[C@H]2C=C[C@@H]3C2)c1C. The lowest BCUT2D eigenvalue weighted by Crippen LogP contribution is -2.33. The van der Waals surface area contributed by atoms with Crippen LogP contribution in [0.4, 0.5) is 5.69 Å². The summed E-state index contributed by atoms with van der Waals surface area (Å²) in [7, 11) is 0. The zero-order valence-corrected chi connectivity index (χ0v) is 11.7. The Morgan fingerprint density at radius 3 is 2.20 bits per heavy atom. The van der Waals surface area contributed by atoms with Crippen molar-refractivity contribution in [1.82, 2.24) is 0 Å². The van der Waals surface area contributed by atoms with E-state index >= 15 is 0 Å². The van der Waals surface area contributed by atoms with Gasteiger partial charge in [-0.15, -0.1) is 0 Å². The summed E-state index contributed by atoms with van der Waals surface area (Å²) in [6.45, 7) is 3.99. The average Bonchev–Trinajstić information content (AvgIpc) is 3.09. The van der Waals surface area contributed by atoms with Crippen LogP contribution in [0.15, 0.2) is 30.4 Å². The van der Waals surface area contributed by atoms with Crippen LogP contribution in [-0.4, -0.2) is 11.8 Å². The summed E-state index contributed by atoms with van der Waals surface area (Å²) in [4.78, 5) is 26.9. The molecule has 4 rings (SSSR count). The van der Waals surface area contributed by atoms with E-state index < -0.39 is 0 Å². The van der Waals surface area contributed by atoms with Crippen molar-refractivity contribution in [3.05, 3.63) is 41.5 Å². The van der Waals surface area contributed by atoms with E-state index in [0.29, 0.717) is 0 Å². The van der Waals surface area contributed by atoms with Gasteiger partial charge in [0.15, 0.2) is 0 Å². The fourth-order valence-electron chi connectivity index (χ4n) is 4.12. The van der Waals surface area contributed by atoms with Crippen LogP contribution in [0.5, 0.6) is 0 Å². The maximum atomic E-state index is 12.7. The van der Waals surface area contributed by atoms with Crippen LogP contribution in [-0.2, 0) is 9.59 Å². The molecule has 2 fully saturated rings. The molecular weight excluding hydrogens is 250 g/mol. The number of amides is 2. The lowest BCUT2D eigenvalue weighted by molar-refractivity contribution is -0.123. The van der Waals surface area contributed by atoms with Crippen LogP contribution >= 0.6 is 0 Å². The molecule has 1 saturated heterocycles. The van der Waals surface area contributed by atoms with Gasteiger partial charge in [-0.2, -0.15) is 0 Å². The highest BCUT2D eigenvalue weighted by Gasteiger charge is 2.59. The number of carbonyl (C=O) groups excluding carboxylic acids is 2. The van der Waals surface area contributed by atoms with E-state index in [2.05, 4.69) is 12.2 Å². The molecule has 2 bridgehead atoms. The Kier molecular flexibility index (Phi) is 2.27. The summed E-state index contributed by atoms with van der Waals surface area (Å²) in [5.74, 6) is 0.332. The van der Waals surface area contributed by atoms with Crippen molar-refractivity contribution in [2.75, 3.05) is 4.90 Å². The quantitative estimate of drug-likeness (QED) is 0.579. The first-order chi connectivity index (χ1) is 9.59. The maximum Gasteiger partial charge on any atom is 0.238 e. The van der Waals surface area contributed by atoms with Gasteiger partial charge >= 0.3 is 0 Å². The number of hydrogen-bond acceptors (Lipinski definition) is 2. The van der Waals surface area contributed by atoms with Crippen molar-refractivity contribution in [2.24, 2.45) is 23.7 Å². The van der Waals surface area contributed by atoms with Gasteiger partial charge in [0.05, 0.1) is 17.5 Å². The second-order valence-electron chi connectivity index (χ2n) is 6.23. The van der Waals surface area contributed by atoms with Crippen molar-refractivity contribution < 1.29 is 9.59 Å². The molecule has 1 aromatic rings. The Labute approximate surface area is 118 Å². The van der Waals surface area contributed by atoms with Crippen molar-refractivity contribution in [3.63, 3.8) is 0 Å². The van der Waals surface area contributed by atoms with Gasteiger partial charge in [0.1, 0.15) is 0 Å². The zero-order chi connectivity index (χ0) is 14.0. The first-order valence-electron chi connectivity index (χ1n) is 7.22. The number of allylic oxidation sites excluding steroid dienone is 2. The van der Waals surface area contributed by atoms with Gasteiger partial charge in [0.25, 0.3) is 0 Å². The third-order valence-electron chi connectivity index (χ3n) is 5.29. The molecule has 3 heteroatoms. The molecule has 2 amide bonds. The average molecular weight is 267 g/mol. The topological polar surface area (TPSA) is 37.4 Å².